The van der Waals surface area contributed by atoms with Gasteiger partial charge in [-0.2, -0.15) is 0 Å². The fourth-order valence-corrected chi connectivity index (χ4v) is 3.58. The van der Waals surface area contributed by atoms with Gasteiger partial charge in [-0.25, -0.2) is 4.98 Å². The summed E-state index contributed by atoms with van der Waals surface area (Å²) in [4.78, 5) is 19.8. The first-order chi connectivity index (χ1) is 12.8. The van der Waals surface area contributed by atoms with E-state index in [1.54, 1.807) is 6.33 Å². The summed E-state index contributed by atoms with van der Waals surface area (Å²) in [6, 6.07) is 14.9. The van der Waals surface area contributed by atoms with Crippen LogP contribution in [0.5, 0.6) is 0 Å². The Kier molecular flexibility index (Phi) is 3.41. The Morgan fingerprint density at radius 3 is 2.58 bits per heavy atom. The van der Waals surface area contributed by atoms with E-state index in [9.17, 15) is 4.79 Å². The summed E-state index contributed by atoms with van der Waals surface area (Å²) in [5, 5.41) is 8.35. The molecule has 4 aromatic rings. The molecule has 1 aliphatic rings. The average Bonchev–Trinajstić information content (AvgIpc) is 3.39. The van der Waals surface area contributed by atoms with Crippen molar-refractivity contribution in [3.63, 3.8) is 0 Å². The van der Waals surface area contributed by atoms with Crippen LogP contribution in [0.4, 0.5) is 5.82 Å². The highest BCUT2D eigenvalue weighted by molar-refractivity contribution is 6.10. The summed E-state index contributed by atoms with van der Waals surface area (Å²) >= 11 is 0. The minimum atomic E-state index is -0.00246. The van der Waals surface area contributed by atoms with Gasteiger partial charge in [0.1, 0.15) is 6.33 Å². The van der Waals surface area contributed by atoms with Crippen LogP contribution in [0.3, 0.4) is 0 Å². The molecule has 0 amide bonds. The largest absolute Gasteiger partial charge is 0.353 e. The van der Waals surface area contributed by atoms with Gasteiger partial charge in [0.25, 0.3) is 0 Å². The van der Waals surface area contributed by atoms with Crippen LogP contribution in [0, 0.1) is 0 Å². The Morgan fingerprint density at radius 1 is 0.962 bits per heavy atom. The zero-order chi connectivity index (χ0) is 17.5. The predicted octanol–water partition coefficient (Wildman–Crippen LogP) is 3.11. The molecule has 0 atom stereocenters. The summed E-state index contributed by atoms with van der Waals surface area (Å²) in [7, 11) is 0. The Bertz CT molecular complexity index is 1110. The monoisotopic (exact) mass is 343 g/mol. The van der Waals surface area contributed by atoms with Crippen LogP contribution in [-0.2, 0) is 0 Å². The van der Waals surface area contributed by atoms with Crippen molar-refractivity contribution in [3.8, 4) is 0 Å². The minimum Gasteiger partial charge on any atom is -0.353 e. The topological polar surface area (TPSA) is 63.4 Å². The number of hydrogen-bond acceptors (Lipinski definition) is 5. The standard InChI is InChI=1S/C20H17N5O/c26-18(14-6-2-1-3-7-14)15-8-9-16-17(12-15)25-13-21-23-20(25)19(22-16)24-10-4-5-11-24/h1-3,6-9,12-13H,4-5,10-11H2. The third-order valence-electron chi connectivity index (χ3n) is 4.91. The van der Waals surface area contributed by atoms with E-state index in [2.05, 4.69) is 15.1 Å². The molecule has 0 aliphatic carbocycles. The number of carbonyl (C=O) groups excluding carboxylic acids is 1. The molecular formula is C20H17N5O. The lowest BCUT2D eigenvalue weighted by Gasteiger charge is -2.17. The molecule has 6 nitrogen and oxygen atoms in total. The molecule has 0 N–H and O–H groups in total. The van der Waals surface area contributed by atoms with Crippen molar-refractivity contribution in [3.05, 3.63) is 66.0 Å². The number of nitrogens with zero attached hydrogens (tertiary/aromatic N) is 5. The second-order valence-corrected chi connectivity index (χ2v) is 6.55. The summed E-state index contributed by atoms with van der Waals surface area (Å²) in [5.74, 6) is 0.868. The number of hydrogen-bond donors (Lipinski definition) is 0. The molecule has 6 heteroatoms. The van der Waals surface area contributed by atoms with Gasteiger partial charge in [-0.05, 0) is 31.0 Å². The first-order valence-electron chi connectivity index (χ1n) is 8.79. The first kappa shape index (κ1) is 15.0. The lowest BCUT2D eigenvalue weighted by atomic mass is 10.0. The molecular weight excluding hydrogens is 326 g/mol. The number of anilines is 1. The average molecular weight is 343 g/mol. The van der Waals surface area contributed by atoms with E-state index in [0.717, 1.165) is 35.6 Å². The van der Waals surface area contributed by atoms with E-state index < -0.39 is 0 Å². The van der Waals surface area contributed by atoms with Crippen LogP contribution >= 0.6 is 0 Å². The zero-order valence-corrected chi connectivity index (χ0v) is 14.2. The van der Waals surface area contributed by atoms with E-state index in [4.69, 9.17) is 4.98 Å². The van der Waals surface area contributed by atoms with Crippen LogP contribution in [-0.4, -0.2) is 38.5 Å². The normalized spacial score (nSPS) is 14.4. The summed E-state index contributed by atoms with van der Waals surface area (Å²) in [6.07, 6.45) is 4.03. The quantitative estimate of drug-likeness (QED) is 0.535. The smallest absolute Gasteiger partial charge is 0.204 e. The maximum atomic E-state index is 12.8. The highest BCUT2D eigenvalue weighted by Crippen LogP contribution is 2.27. The van der Waals surface area contributed by atoms with Crippen molar-refractivity contribution >= 4 is 28.3 Å². The van der Waals surface area contributed by atoms with Crippen molar-refractivity contribution in [1.82, 2.24) is 19.6 Å². The molecule has 2 aromatic heterocycles. The zero-order valence-electron chi connectivity index (χ0n) is 14.2. The van der Waals surface area contributed by atoms with Gasteiger partial charge in [0.2, 0.25) is 5.65 Å². The Morgan fingerprint density at radius 2 is 1.77 bits per heavy atom. The van der Waals surface area contributed by atoms with Crippen LogP contribution in [0.1, 0.15) is 28.8 Å². The predicted molar refractivity (Wildman–Crippen MR) is 99.6 cm³/mol. The lowest BCUT2D eigenvalue weighted by molar-refractivity contribution is 0.103. The third-order valence-corrected chi connectivity index (χ3v) is 4.91. The van der Waals surface area contributed by atoms with Crippen LogP contribution in [0.2, 0.25) is 0 Å². The molecule has 5 rings (SSSR count). The van der Waals surface area contributed by atoms with Crippen LogP contribution < -0.4 is 4.90 Å². The minimum absolute atomic E-state index is 0.00246. The molecule has 1 saturated heterocycles. The third kappa shape index (κ3) is 2.34. The summed E-state index contributed by atoms with van der Waals surface area (Å²) in [5.41, 5.74) is 3.73. The number of aromatic nitrogens is 4. The Labute approximate surface area is 150 Å². The van der Waals surface area contributed by atoms with Gasteiger partial charge >= 0.3 is 0 Å². The summed E-state index contributed by atoms with van der Waals surface area (Å²) < 4.78 is 1.93. The second-order valence-electron chi connectivity index (χ2n) is 6.55. The lowest BCUT2D eigenvalue weighted by Crippen LogP contribution is -2.20. The Balaban J connectivity index is 1.67. The van der Waals surface area contributed by atoms with E-state index in [0.29, 0.717) is 11.1 Å². The number of benzene rings is 2. The second kappa shape index (κ2) is 5.91. The molecule has 2 aromatic carbocycles. The van der Waals surface area contributed by atoms with Crippen molar-refractivity contribution in [2.24, 2.45) is 0 Å². The van der Waals surface area contributed by atoms with E-state index in [1.165, 1.54) is 12.8 Å². The van der Waals surface area contributed by atoms with Gasteiger partial charge in [-0.15, -0.1) is 10.2 Å². The van der Waals surface area contributed by atoms with Gasteiger partial charge in [-0.3, -0.25) is 9.20 Å². The van der Waals surface area contributed by atoms with Crippen molar-refractivity contribution < 1.29 is 4.79 Å². The fourth-order valence-electron chi connectivity index (χ4n) is 3.58. The SMILES string of the molecule is O=C(c1ccccc1)c1ccc2nc(N3CCCC3)c3nncn3c2c1. The van der Waals surface area contributed by atoms with Gasteiger partial charge < -0.3 is 4.90 Å². The number of ketones is 1. The van der Waals surface area contributed by atoms with Gasteiger partial charge in [0.05, 0.1) is 11.0 Å². The molecule has 0 bridgehead atoms. The van der Waals surface area contributed by atoms with Gasteiger partial charge in [0.15, 0.2) is 11.6 Å². The number of rotatable bonds is 3. The van der Waals surface area contributed by atoms with Crippen LogP contribution in [0.15, 0.2) is 54.9 Å². The van der Waals surface area contributed by atoms with E-state index >= 15 is 0 Å². The van der Waals surface area contributed by atoms with E-state index in [-0.39, 0.29) is 5.78 Å². The number of carbonyl (C=O) groups is 1. The van der Waals surface area contributed by atoms with E-state index in [1.807, 2.05) is 52.9 Å². The van der Waals surface area contributed by atoms with Crippen molar-refractivity contribution in [2.45, 2.75) is 12.8 Å². The highest BCUT2D eigenvalue weighted by Gasteiger charge is 2.20. The van der Waals surface area contributed by atoms with Crippen molar-refractivity contribution in [1.29, 1.82) is 0 Å². The number of fused-ring (bicyclic) bond motifs is 3. The molecule has 0 saturated carbocycles. The molecule has 1 aliphatic heterocycles. The molecule has 0 spiro atoms. The van der Waals surface area contributed by atoms with Crippen molar-refractivity contribution in [2.75, 3.05) is 18.0 Å². The molecule has 3 heterocycles. The molecule has 128 valence electrons. The molecule has 0 radical (unpaired) electrons. The maximum Gasteiger partial charge on any atom is 0.204 e. The molecule has 1 fully saturated rings. The first-order valence-corrected chi connectivity index (χ1v) is 8.79. The summed E-state index contributed by atoms with van der Waals surface area (Å²) in [6.45, 7) is 1.98. The molecule has 26 heavy (non-hydrogen) atoms. The molecule has 0 unspecified atom stereocenters. The maximum absolute atomic E-state index is 12.8. The fraction of sp³-hybridized carbons (Fsp3) is 0.200. The Hall–Kier alpha value is -3.28. The van der Waals surface area contributed by atoms with Gasteiger partial charge in [-0.1, -0.05) is 30.3 Å². The van der Waals surface area contributed by atoms with Gasteiger partial charge in [0, 0.05) is 24.2 Å². The highest BCUT2D eigenvalue weighted by atomic mass is 16.1. The van der Waals surface area contributed by atoms with Crippen LogP contribution in [0.25, 0.3) is 16.7 Å².